The molecule has 0 aliphatic carbocycles. The molecule has 1 unspecified atom stereocenters. The lowest BCUT2D eigenvalue weighted by Crippen LogP contribution is -2.51. The van der Waals surface area contributed by atoms with Gasteiger partial charge in [0.2, 0.25) is 21.8 Å². The van der Waals surface area contributed by atoms with Crippen LogP contribution < -0.4 is 14.4 Å². The minimum Gasteiger partial charge on any atom is -0.492 e. The Morgan fingerprint density at radius 2 is 1.56 bits per heavy atom. The summed E-state index contributed by atoms with van der Waals surface area (Å²) in [5.41, 5.74) is 3.40. The van der Waals surface area contributed by atoms with Crippen molar-refractivity contribution in [3.05, 3.63) is 95.6 Å². The Balaban J connectivity index is 1.89. The number of hydrogen-bond donors (Lipinski definition) is 1. The van der Waals surface area contributed by atoms with Crippen LogP contribution in [-0.4, -0.2) is 57.1 Å². The molecule has 0 fully saturated rings. The molecule has 0 heterocycles. The van der Waals surface area contributed by atoms with Crippen LogP contribution in [0.2, 0.25) is 0 Å². The molecule has 9 heteroatoms. The van der Waals surface area contributed by atoms with Gasteiger partial charge in [0.15, 0.2) is 0 Å². The zero-order valence-electron chi connectivity index (χ0n) is 26.0. The Morgan fingerprint density at radius 3 is 2.19 bits per heavy atom. The zero-order chi connectivity index (χ0) is 31.4. The third-order valence-corrected chi connectivity index (χ3v) is 8.20. The fourth-order valence-electron chi connectivity index (χ4n) is 4.79. The van der Waals surface area contributed by atoms with E-state index in [2.05, 4.69) is 5.32 Å². The van der Waals surface area contributed by atoms with Gasteiger partial charge >= 0.3 is 0 Å². The molecule has 0 bridgehead atoms. The molecule has 3 aromatic rings. The second-order valence-electron chi connectivity index (χ2n) is 11.2. The van der Waals surface area contributed by atoms with Gasteiger partial charge in [-0.2, -0.15) is 0 Å². The first-order valence-corrected chi connectivity index (χ1v) is 16.7. The number of anilines is 1. The van der Waals surface area contributed by atoms with Crippen molar-refractivity contribution in [3.63, 3.8) is 0 Å². The number of nitrogens with one attached hydrogen (secondary N) is 1. The lowest BCUT2D eigenvalue weighted by molar-refractivity contribution is -0.141. The highest BCUT2D eigenvalue weighted by Crippen LogP contribution is 2.30. The van der Waals surface area contributed by atoms with Crippen LogP contribution in [-0.2, 0) is 32.6 Å². The average Bonchev–Trinajstić information content (AvgIpc) is 2.97. The van der Waals surface area contributed by atoms with Crippen molar-refractivity contribution in [2.24, 2.45) is 5.92 Å². The van der Waals surface area contributed by atoms with E-state index in [4.69, 9.17) is 4.74 Å². The van der Waals surface area contributed by atoms with Gasteiger partial charge in [0.25, 0.3) is 0 Å². The van der Waals surface area contributed by atoms with Gasteiger partial charge in [-0.3, -0.25) is 13.9 Å². The van der Waals surface area contributed by atoms with E-state index in [0.717, 1.165) is 22.9 Å². The minimum atomic E-state index is -3.65. The number of hydrogen-bond acceptors (Lipinski definition) is 5. The van der Waals surface area contributed by atoms with E-state index in [-0.39, 0.29) is 43.7 Å². The summed E-state index contributed by atoms with van der Waals surface area (Å²) in [5, 5.41) is 3.03. The number of amides is 2. The van der Waals surface area contributed by atoms with E-state index in [1.54, 1.807) is 29.2 Å². The van der Waals surface area contributed by atoms with E-state index in [9.17, 15) is 18.0 Å². The highest BCUT2D eigenvalue weighted by Gasteiger charge is 2.31. The summed E-state index contributed by atoms with van der Waals surface area (Å²) in [7, 11) is -3.65. The molecule has 0 aromatic heterocycles. The van der Waals surface area contributed by atoms with Crippen LogP contribution in [0.1, 0.15) is 50.3 Å². The number of sulfonamides is 1. The maximum Gasteiger partial charge on any atom is 0.243 e. The third-order valence-electron chi connectivity index (χ3n) is 7.02. The molecule has 3 rings (SSSR count). The van der Waals surface area contributed by atoms with Crippen LogP contribution in [0.25, 0.3) is 0 Å². The van der Waals surface area contributed by atoms with Gasteiger partial charge in [0.1, 0.15) is 11.8 Å². The van der Waals surface area contributed by atoms with Crippen LogP contribution >= 0.6 is 0 Å². The number of carbonyl (C=O) groups excluding carboxylic acids is 2. The number of rotatable bonds is 16. The lowest BCUT2D eigenvalue weighted by Gasteiger charge is -2.32. The summed E-state index contributed by atoms with van der Waals surface area (Å²) in [6.07, 6.45) is 1.84. The number of aryl methyl sites for hydroxylation is 1. The van der Waals surface area contributed by atoms with Gasteiger partial charge in [0, 0.05) is 32.5 Å². The van der Waals surface area contributed by atoms with Gasteiger partial charge in [-0.15, -0.1) is 0 Å². The first-order valence-electron chi connectivity index (χ1n) is 14.9. The maximum atomic E-state index is 14.0. The topological polar surface area (TPSA) is 96.0 Å². The standard InChI is InChI=1S/C34H45N3O5S/c1-6-42-32-16-11-10-15-30(32)37(43(5,40)41)22-12-17-33(38)36(25-29-20-18-27(4)19-21-29)31(34(39)35-24-26(2)3)23-28-13-8-7-9-14-28/h7-11,13-16,18-21,26,31H,6,12,17,22-25H2,1-5H3,(H,35,39). The molecule has 1 atom stereocenters. The van der Waals surface area contributed by atoms with Crippen molar-refractivity contribution in [2.75, 3.05) is 30.3 Å². The predicted molar refractivity (Wildman–Crippen MR) is 173 cm³/mol. The van der Waals surface area contributed by atoms with Crippen molar-refractivity contribution < 1.29 is 22.7 Å². The van der Waals surface area contributed by atoms with E-state index in [0.29, 0.717) is 31.0 Å². The molecule has 0 aliphatic rings. The Kier molecular flexibility index (Phi) is 12.6. The molecule has 0 radical (unpaired) electrons. The molecule has 0 spiro atoms. The Hall–Kier alpha value is -3.85. The lowest BCUT2D eigenvalue weighted by atomic mass is 10.0. The molecule has 0 saturated heterocycles. The largest absolute Gasteiger partial charge is 0.492 e. The van der Waals surface area contributed by atoms with E-state index < -0.39 is 16.1 Å². The van der Waals surface area contributed by atoms with Crippen molar-refractivity contribution >= 4 is 27.5 Å². The molecule has 8 nitrogen and oxygen atoms in total. The summed E-state index contributed by atoms with van der Waals surface area (Å²) >= 11 is 0. The van der Waals surface area contributed by atoms with E-state index in [1.807, 2.05) is 82.3 Å². The Morgan fingerprint density at radius 1 is 0.907 bits per heavy atom. The molecule has 43 heavy (non-hydrogen) atoms. The van der Waals surface area contributed by atoms with Crippen LogP contribution in [0, 0.1) is 12.8 Å². The van der Waals surface area contributed by atoms with Crippen molar-refractivity contribution in [3.8, 4) is 5.75 Å². The van der Waals surface area contributed by atoms with Gasteiger partial charge in [-0.25, -0.2) is 8.42 Å². The monoisotopic (exact) mass is 607 g/mol. The Bertz CT molecular complexity index is 1430. The van der Waals surface area contributed by atoms with Crippen molar-refractivity contribution in [1.82, 2.24) is 10.2 Å². The molecule has 0 saturated carbocycles. The summed E-state index contributed by atoms with van der Waals surface area (Å²) in [4.78, 5) is 29.3. The quantitative estimate of drug-likeness (QED) is 0.237. The molecule has 2 amide bonds. The van der Waals surface area contributed by atoms with Crippen LogP contribution in [0.15, 0.2) is 78.9 Å². The molecular formula is C34H45N3O5S. The van der Waals surface area contributed by atoms with Gasteiger partial charge in [0.05, 0.1) is 18.6 Å². The average molecular weight is 608 g/mol. The maximum absolute atomic E-state index is 14.0. The second kappa shape index (κ2) is 16.1. The molecule has 232 valence electrons. The molecule has 0 aliphatic heterocycles. The van der Waals surface area contributed by atoms with Crippen LogP contribution in [0.3, 0.4) is 0 Å². The van der Waals surface area contributed by atoms with Gasteiger partial charge < -0.3 is 15.0 Å². The fraction of sp³-hybridized carbons (Fsp3) is 0.412. The summed E-state index contributed by atoms with van der Waals surface area (Å²) < 4.78 is 32.6. The number of para-hydroxylation sites is 2. The van der Waals surface area contributed by atoms with Crippen LogP contribution in [0.5, 0.6) is 5.75 Å². The normalized spacial score (nSPS) is 12.0. The predicted octanol–water partition coefficient (Wildman–Crippen LogP) is 5.35. The van der Waals surface area contributed by atoms with Gasteiger partial charge in [-0.05, 0) is 49.4 Å². The highest BCUT2D eigenvalue weighted by atomic mass is 32.2. The number of carbonyl (C=O) groups is 2. The highest BCUT2D eigenvalue weighted by molar-refractivity contribution is 7.92. The Labute approximate surface area is 257 Å². The number of ether oxygens (including phenoxy) is 1. The SMILES string of the molecule is CCOc1ccccc1N(CCCC(=O)N(Cc1ccc(C)cc1)C(Cc1ccccc1)C(=O)NCC(C)C)S(C)(=O)=O. The minimum absolute atomic E-state index is 0.0669. The molecular weight excluding hydrogens is 562 g/mol. The summed E-state index contributed by atoms with van der Waals surface area (Å²) in [6, 6.07) is 23.8. The number of benzene rings is 3. The first kappa shape index (κ1) is 33.6. The van der Waals surface area contributed by atoms with Crippen LogP contribution in [0.4, 0.5) is 5.69 Å². The molecule has 3 aromatic carbocycles. The third kappa shape index (κ3) is 10.4. The molecule has 1 N–H and O–H groups in total. The van der Waals surface area contributed by atoms with Crippen molar-refractivity contribution in [1.29, 1.82) is 0 Å². The van der Waals surface area contributed by atoms with Gasteiger partial charge in [-0.1, -0.05) is 86.1 Å². The van der Waals surface area contributed by atoms with E-state index in [1.165, 1.54) is 4.31 Å². The zero-order valence-corrected chi connectivity index (χ0v) is 26.8. The summed E-state index contributed by atoms with van der Waals surface area (Å²) in [6.45, 7) is 9.14. The first-order chi connectivity index (χ1) is 20.5. The van der Waals surface area contributed by atoms with Crippen molar-refractivity contribution in [2.45, 2.75) is 59.5 Å². The summed E-state index contributed by atoms with van der Waals surface area (Å²) in [5.74, 6) is 0.297. The van der Waals surface area contributed by atoms with E-state index >= 15 is 0 Å². The fourth-order valence-corrected chi connectivity index (χ4v) is 5.76. The smallest absolute Gasteiger partial charge is 0.243 e. The number of nitrogens with zero attached hydrogens (tertiary/aromatic N) is 2. The second-order valence-corrected chi connectivity index (χ2v) is 13.1.